The molecule has 0 saturated heterocycles. The molecular formula is C14H18F3NO2S. The Kier molecular flexibility index (Phi) is 4.63. The molecule has 1 aromatic rings. The lowest BCUT2D eigenvalue weighted by atomic mass is 9.88. The predicted molar refractivity (Wildman–Crippen MR) is 73.4 cm³/mol. The zero-order valence-corrected chi connectivity index (χ0v) is 12.3. The van der Waals surface area contributed by atoms with Gasteiger partial charge in [-0.15, -0.1) is 0 Å². The standard InChI is InChI=1S/C14H18F3NO2S/c15-14(16,17)11-2-1-3-13(8-11)21(19,20)9-10-4-6-12(18)7-5-10/h1-3,8,10,12H,4-7,9,18H2/t10-,12-. The maximum atomic E-state index is 12.6. The lowest BCUT2D eigenvalue weighted by Gasteiger charge is -2.25. The first kappa shape index (κ1) is 16.3. The van der Waals surface area contributed by atoms with Crippen LogP contribution in [0, 0.1) is 5.92 Å². The second-order valence-electron chi connectivity index (χ2n) is 5.59. The van der Waals surface area contributed by atoms with Crippen molar-refractivity contribution < 1.29 is 21.6 Å². The van der Waals surface area contributed by atoms with E-state index in [1.165, 1.54) is 6.07 Å². The van der Waals surface area contributed by atoms with Crippen LogP contribution in [-0.2, 0) is 16.0 Å². The molecule has 0 bridgehead atoms. The van der Waals surface area contributed by atoms with E-state index in [1.54, 1.807) is 0 Å². The summed E-state index contributed by atoms with van der Waals surface area (Å²) in [6.45, 7) is 0. The number of hydrogen-bond acceptors (Lipinski definition) is 3. The molecule has 3 nitrogen and oxygen atoms in total. The average molecular weight is 321 g/mol. The van der Waals surface area contributed by atoms with Crippen LogP contribution in [0.15, 0.2) is 29.2 Å². The molecule has 0 aromatic heterocycles. The minimum absolute atomic E-state index is 0.0238. The third-order valence-corrected chi connectivity index (χ3v) is 5.75. The predicted octanol–water partition coefficient (Wildman–Crippen LogP) is 3.00. The van der Waals surface area contributed by atoms with Gasteiger partial charge in [-0.25, -0.2) is 8.42 Å². The molecule has 0 radical (unpaired) electrons. The van der Waals surface area contributed by atoms with Crippen molar-refractivity contribution in [1.82, 2.24) is 0 Å². The summed E-state index contributed by atoms with van der Waals surface area (Å²) in [4.78, 5) is -0.257. The van der Waals surface area contributed by atoms with Gasteiger partial charge in [0.2, 0.25) is 0 Å². The first-order valence-corrected chi connectivity index (χ1v) is 8.49. The summed E-state index contributed by atoms with van der Waals surface area (Å²) in [6, 6.07) is 4.05. The number of hydrogen-bond donors (Lipinski definition) is 1. The monoisotopic (exact) mass is 321 g/mol. The van der Waals surface area contributed by atoms with Gasteiger partial charge in [-0.1, -0.05) is 6.07 Å². The highest BCUT2D eigenvalue weighted by atomic mass is 32.2. The molecule has 2 N–H and O–H groups in total. The summed E-state index contributed by atoms with van der Waals surface area (Å²) in [7, 11) is -3.70. The second kappa shape index (κ2) is 5.96. The topological polar surface area (TPSA) is 60.2 Å². The van der Waals surface area contributed by atoms with Gasteiger partial charge in [-0.3, -0.25) is 0 Å². The van der Waals surface area contributed by atoms with Crippen molar-refractivity contribution in [2.24, 2.45) is 11.7 Å². The summed E-state index contributed by atoms with van der Waals surface area (Å²) in [5, 5.41) is 0. The molecule has 0 unspecified atom stereocenters. The minimum atomic E-state index is -4.54. The lowest BCUT2D eigenvalue weighted by molar-refractivity contribution is -0.137. The fourth-order valence-corrected chi connectivity index (χ4v) is 4.37. The van der Waals surface area contributed by atoms with Crippen LogP contribution in [0.1, 0.15) is 31.2 Å². The zero-order chi connectivity index (χ0) is 15.7. The van der Waals surface area contributed by atoms with Crippen molar-refractivity contribution in [2.45, 2.75) is 42.8 Å². The molecule has 118 valence electrons. The molecule has 0 atom stereocenters. The first-order chi connectivity index (χ1) is 9.68. The largest absolute Gasteiger partial charge is 0.416 e. The van der Waals surface area contributed by atoms with Crippen LogP contribution in [0.25, 0.3) is 0 Å². The van der Waals surface area contributed by atoms with Gasteiger partial charge in [0.15, 0.2) is 9.84 Å². The minimum Gasteiger partial charge on any atom is -0.328 e. The smallest absolute Gasteiger partial charge is 0.328 e. The van der Waals surface area contributed by atoms with E-state index >= 15 is 0 Å². The molecule has 1 aliphatic carbocycles. The first-order valence-electron chi connectivity index (χ1n) is 6.84. The molecule has 21 heavy (non-hydrogen) atoms. The Hall–Kier alpha value is -1.08. The molecule has 7 heteroatoms. The van der Waals surface area contributed by atoms with Crippen molar-refractivity contribution >= 4 is 9.84 Å². The molecular weight excluding hydrogens is 303 g/mol. The molecule has 0 aliphatic heterocycles. The summed E-state index contributed by atoms with van der Waals surface area (Å²) in [6.07, 6.45) is -1.59. The van der Waals surface area contributed by atoms with E-state index in [0.717, 1.165) is 25.0 Å². The third kappa shape index (κ3) is 4.20. The Bertz CT molecular complexity index is 590. The van der Waals surface area contributed by atoms with Crippen LogP contribution in [0.3, 0.4) is 0 Å². The van der Waals surface area contributed by atoms with Crippen LogP contribution < -0.4 is 5.73 Å². The molecule has 0 amide bonds. The zero-order valence-electron chi connectivity index (χ0n) is 11.4. The Morgan fingerprint density at radius 1 is 1.14 bits per heavy atom. The Morgan fingerprint density at radius 3 is 2.33 bits per heavy atom. The Labute approximate surface area is 122 Å². The van der Waals surface area contributed by atoms with E-state index in [0.29, 0.717) is 18.9 Å². The van der Waals surface area contributed by atoms with Gasteiger partial charge < -0.3 is 5.73 Å². The van der Waals surface area contributed by atoms with Crippen molar-refractivity contribution in [3.8, 4) is 0 Å². The summed E-state index contributed by atoms with van der Waals surface area (Å²) in [5.74, 6) is -0.134. The fraction of sp³-hybridized carbons (Fsp3) is 0.571. The number of nitrogens with two attached hydrogens (primary N) is 1. The average Bonchev–Trinajstić information content (AvgIpc) is 2.40. The molecule has 2 rings (SSSR count). The van der Waals surface area contributed by atoms with Gasteiger partial charge in [0.25, 0.3) is 0 Å². The SMILES string of the molecule is N[C@H]1CC[C@H](CS(=O)(=O)c2cccc(C(F)(F)F)c2)CC1. The van der Waals surface area contributed by atoms with Crippen LogP contribution in [-0.4, -0.2) is 20.2 Å². The number of alkyl halides is 3. The van der Waals surface area contributed by atoms with Crippen molar-refractivity contribution in [3.05, 3.63) is 29.8 Å². The fourth-order valence-electron chi connectivity index (χ4n) is 2.63. The number of benzene rings is 1. The Balaban J connectivity index is 2.16. The summed E-state index contributed by atoms with van der Waals surface area (Å²) >= 11 is 0. The van der Waals surface area contributed by atoms with Crippen molar-refractivity contribution in [2.75, 3.05) is 5.75 Å². The Morgan fingerprint density at radius 2 is 1.76 bits per heavy atom. The highest BCUT2D eigenvalue weighted by Crippen LogP contribution is 2.32. The van der Waals surface area contributed by atoms with Gasteiger partial charge in [0, 0.05) is 6.04 Å². The van der Waals surface area contributed by atoms with Crippen LogP contribution >= 0.6 is 0 Å². The highest BCUT2D eigenvalue weighted by Gasteiger charge is 2.32. The van der Waals surface area contributed by atoms with Crippen LogP contribution in [0.2, 0.25) is 0 Å². The number of sulfone groups is 1. The lowest BCUT2D eigenvalue weighted by Crippen LogP contribution is -2.29. The quantitative estimate of drug-likeness (QED) is 0.931. The number of rotatable bonds is 3. The number of halogens is 3. The summed E-state index contributed by atoms with van der Waals surface area (Å²) in [5.41, 5.74) is 4.83. The van der Waals surface area contributed by atoms with Crippen LogP contribution in [0.5, 0.6) is 0 Å². The van der Waals surface area contributed by atoms with Crippen LogP contribution in [0.4, 0.5) is 13.2 Å². The maximum absolute atomic E-state index is 12.6. The van der Waals surface area contributed by atoms with E-state index in [2.05, 4.69) is 0 Å². The van der Waals surface area contributed by atoms with Crippen molar-refractivity contribution in [3.63, 3.8) is 0 Å². The molecule has 0 heterocycles. The van der Waals surface area contributed by atoms with E-state index < -0.39 is 21.6 Å². The molecule has 1 saturated carbocycles. The van der Waals surface area contributed by atoms with E-state index in [-0.39, 0.29) is 22.6 Å². The molecule has 0 spiro atoms. The van der Waals surface area contributed by atoms with Crippen molar-refractivity contribution in [1.29, 1.82) is 0 Å². The normalized spacial score (nSPS) is 24.0. The van der Waals surface area contributed by atoms with Gasteiger partial charge in [0.1, 0.15) is 0 Å². The van der Waals surface area contributed by atoms with E-state index in [1.807, 2.05) is 0 Å². The second-order valence-corrected chi connectivity index (χ2v) is 7.62. The van der Waals surface area contributed by atoms with E-state index in [9.17, 15) is 21.6 Å². The maximum Gasteiger partial charge on any atom is 0.416 e. The van der Waals surface area contributed by atoms with Gasteiger partial charge in [-0.2, -0.15) is 13.2 Å². The third-order valence-electron chi connectivity index (χ3n) is 3.87. The van der Waals surface area contributed by atoms with Gasteiger partial charge in [0.05, 0.1) is 16.2 Å². The molecule has 1 aromatic carbocycles. The molecule has 1 fully saturated rings. The van der Waals surface area contributed by atoms with Gasteiger partial charge in [-0.05, 0) is 49.8 Å². The van der Waals surface area contributed by atoms with Gasteiger partial charge >= 0.3 is 6.18 Å². The highest BCUT2D eigenvalue weighted by molar-refractivity contribution is 7.91. The summed E-state index contributed by atoms with van der Waals surface area (Å²) < 4.78 is 62.5. The molecule has 1 aliphatic rings. The van der Waals surface area contributed by atoms with E-state index in [4.69, 9.17) is 5.73 Å².